The Morgan fingerprint density at radius 3 is 2.50 bits per heavy atom. The van der Waals surface area contributed by atoms with Gasteiger partial charge in [0.15, 0.2) is 5.78 Å². The predicted octanol–water partition coefficient (Wildman–Crippen LogP) is 3.67. The number of carbonyl (C=O) groups is 1. The summed E-state index contributed by atoms with van der Waals surface area (Å²) in [5.74, 6) is 0.0519. The number of aryl methyl sites for hydroxylation is 2. The molecule has 1 aliphatic carbocycles. The maximum atomic E-state index is 13.8. The molecule has 1 nitrogen and oxygen atoms in total. The summed E-state index contributed by atoms with van der Waals surface area (Å²) in [6.45, 7) is 5.57. The first kappa shape index (κ1) is 11.3. The number of Topliss-reactive ketones (excluding diaryl/α,β-unsaturated/α-hetero) is 1. The van der Waals surface area contributed by atoms with Crippen LogP contribution in [0.5, 0.6) is 0 Å². The smallest absolute Gasteiger partial charge is 0.169 e. The lowest BCUT2D eigenvalue weighted by molar-refractivity contribution is 0.0911. The van der Waals surface area contributed by atoms with Gasteiger partial charge in [0.1, 0.15) is 5.82 Å². The van der Waals surface area contributed by atoms with E-state index in [2.05, 4.69) is 0 Å². The van der Waals surface area contributed by atoms with Gasteiger partial charge in [-0.25, -0.2) is 4.39 Å². The minimum Gasteiger partial charge on any atom is -0.294 e. The Bertz CT molecular complexity index is 409. The lowest BCUT2D eigenvalue weighted by Gasteiger charge is -2.12. The molecular formula is C14H17FO. The molecule has 0 bridgehead atoms. The van der Waals surface area contributed by atoms with Gasteiger partial charge in [-0.2, -0.15) is 0 Å². The van der Waals surface area contributed by atoms with Crippen molar-refractivity contribution in [1.29, 1.82) is 0 Å². The molecule has 1 fully saturated rings. The van der Waals surface area contributed by atoms with E-state index in [1.807, 2.05) is 26.8 Å². The molecule has 0 heterocycles. The Morgan fingerprint density at radius 2 is 2.00 bits per heavy atom. The minimum absolute atomic E-state index is 0.0301. The van der Waals surface area contributed by atoms with Crippen molar-refractivity contribution in [2.45, 2.75) is 33.6 Å². The molecule has 0 radical (unpaired) electrons. The number of rotatable bonds is 3. The molecular weight excluding hydrogens is 203 g/mol. The van der Waals surface area contributed by atoms with Crippen LogP contribution in [-0.4, -0.2) is 5.78 Å². The summed E-state index contributed by atoms with van der Waals surface area (Å²) in [4.78, 5) is 12.1. The number of ketones is 1. The Kier molecular flexibility index (Phi) is 2.83. The Labute approximate surface area is 95.7 Å². The van der Waals surface area contributed by atoms with Crippen molar-refractivity contribution in [1.82, 2.24) is 0 Å². The van der Waals surface area contributed by atoms with Gasteiger partial charge in [-0.3, -0.25) is 4.79 Å². The van der Waals surface area contributed by atoms with Crippen molar-refractivity contribution in [3.63, 3.8) is 0 Å². The molecule has 0 spiro atoms. The van der Waals surface area contributed by atoms with Gasteiger partial charge < -0.3 is 0 Å². The molecule has 1 atom stereocenters. The normalized spacial score (nSPS) is 17.2. The van der Waals surface area contributed by atoms with E-state index in [1.165, 1.54) is 6.07 Å². The highest BCUT2D eigenvalue weighted by Crippen LogP contribution is 2.38. The molecule has 0 saturated heterocycles. The summed E-state index contributed by atoms with van der Waals surface area (Å²) in [6.07, 6.45) is 2.22. The highest BCUT2D eigenvalue weighted by molar-refractivity contribution is 5.99. The molecule has 16 heavy (non-hydrogen) atoms. The number of benzene rings is 1. The lowest BCUT2D eigenvalue weighted by atomic mass is 9.91. The second kappa shape index (κ2) is 4.00. The molecule has 2 rings (SSSR count). The molecule has 2 heteroatoms. The summed E-state index contributed by atoms with van der Waals surface area (Å²) in [5.41, 5.74) is 1.92. The maximum absolute atomic E-state index is 13.8. The van der Waals surface area contributed by atoms with Crippen molar-refractivity contribution in [2.75, 3.05) is 0 Å². The van der Waals surface area contributed by atoms with Crippen LogP contribution in [0, 0.1) is 31.5 Å². The Morgan fingerprint density at radius 1 is 1.38 bits per heavy atom. The van der Waals surface area contributed by atoms with Crippen LogP contribution >= 0.6 is 0 Å². The van der Waals surface area contributed by atoms with Crippen molar-refractivity contribution < 1.29 is 9.18 Å². The van der Waals surface area contributed by atoms with Crippen molar-refractivity contribution in [3.8, 4) is 0 Å². The van der Waals surface area contributed by atoms with Crippen LogP contribution in [0.2, 0.25) is 0 Å². The highest BCUT2D eigenvalue weighted by atomic mass is 19.1. The molecule has 0 aromatic heterocycles. The molecule has 1 aliphatic rings. The van der Waals surface area contributed by atoms with E-state index in [9.17, 15) is 9.18 Å². The predicted molar refractivity (Wildman–Crippen MR) is 62.1 cm³/mol. The summed E-state index contributed by atoms with van der Waals surface area (Å²) < 4.78 is 13.8. The fourth-order valence-corrected chi connectivity index (χ4v) is 2.27. The summed E-state index contributed by atoms with van der Waals surface area (Å²) in [5, 5.41) is 0. The van der Waals surface area contributed by atoms with Gasteiger partial charge >= 0.3 is 0 Å². The van der Waals surface area contributed by atoms with Crippen LogP contribution in [-0.2, 0) is 0 Å². The molecule has 0 N–H and O–H groups in total. The topological polar surface area (TPSA) is 17.1 Å². The zero-order valence-corrected chi connectivity index (χ0v) is 10.0. The first-order valence-corrected chi connectivity index (χ1v) is 5.81. The summed E-state index contributed by atoms with van der Waals surface area (Å²) in [7, 11) is 0. The second-order valence-corrected chi connectivity index (χ2v) is 4.93. The van der Waals surface area contributed by atoms with E-state index in [0.29, 0.717) is 11.5 Å². The van der Waals surface area contributed by atoms with E-state index < -0.39 is 0 Å². The average molecular weight is 220 g/mol. The van der Waals surface area contributed by atoms with Gasteiger partial charge in [0.2, 0.25) is 0 Å². The monoisotopic (exact) mass is 220 g/mol. The lowest BCUT2D eigenvalue weighted by Crippen LogP contribution is -2.16. The van der Waals surface area contributed by atoms with Gasteiger partial charge in [0, 0.05) is 5.92 Å². The third-order valence-corrected chi connectivity index (χ3v) is 3.42. The third kappa shape index (κ3) is 2.01. The van der Waals surface area contributed by atoms with Gasteiger partial charge in [0.05, 0.1) is 5.56 Å². The van der Waals surface area contributed by atoms with E-state index in [-0.39, 0.29) is 17.5 Å². The fourth-order valence-electron chi connectivity index (χ4n) is 2.27. The second-order valence-electron chi connectivity index (χ2n) is 4.93. The fraction of sp³-hybridized carbons (Fsp3) is 0.500. The first-order valence-electron chi connectivity index (χ1n) is 5.81. The maximum Gasteiger partial charge on any atom is 0.169 e. The van der Waals surface area contributed by atoms with E-state index in [1.54, 1.807) is 0 Å². The van der Waals surface area contributed by atoms with Gasteiger partial charge in [-0.15, -0.1) is 0 Å². The van der Waals surface area contributed by atoms with Gasteiger partial charge in [-0.05, 0) is 49.8 Å². The minimum atomic E-state index is -0.366. The van der Waals surface area contributed by atoms with Crippen molar-refractivity contribution in [2.24, 2.45) is 11.8 Å². The summed E-state index contributed by atoms with van der Waals surface area (Å²) >= 11 is 0. The first-order chi connectivity index (χ1) is 7.50. The van der Waals surface area contributed by atoms with E-state index >= 15 is 0 Å². The largest absolute Gasteiger partial charge is 0.294 e. The molecule has 1 aromatic carbocycles. The number of hydrogen-bond donors (Lipinski definition) is 0. The quantitative estimate of drug-likeness (QED) is 0.710. The van der Waals surface area contributed by atoms with Crippen molar-refractivity contribution in [3.05, 3.63) is 34.6 Å². The highest BCUT2D eigenvalue weighted by Gasteiger charge is 2.34. The van der Waals surface area contributed by atoms with Gasteiger partial charge in [-0.1, -0.05) is 13.0 Å². The molecule has 0 aliphatic heterocycles. The SMILES string of the molecule is Cc1cc(C)c(C(=O)C(C)C2CC2)c(F)c1. The van der Waals surface area contributed by atoms with E-state index in [4.69, 9.17) is 0 Å². The van der Waals surface area contributed by atoms with Crippen LogP contribution in [0.15, 0.2) is 12.1 Å². The van der Waals surface area contributed by atoms with Gasteiger partial charge in [0.25, 0.3) is 0 Å². The molecule has 1 unspecified atom stereocenters. The van der Waals surface area contributed by atoms with Crippen LogP contribution in [0.1, 0.15) is 41.3 Å². The summed E-state index contributed by atoms with van der Waals surface area (Å²) in [6, 6.07) is 3.32. The Hall–Kier alpha value is -1.18. The van der Waals surface area contributed by atoms with Crippen LogP contribution in [0.4, 0.5) is 4.39 Å². The molecule has 0 amide bonds. The molecule has 86 valence electrons. The zero-order valence-electron chi connectivity index (χ0n) is 10.0. The average Bonchev–Trinajstić information content (AvgIpc) is 2.97. The third-order valence-electron chi connectivity index (χ3n) is 3.42. The van der Waals surface area contributed by atoms with Crippen LogP contribution in [0.3, 0.4) is 0 Å². The zero-order chi connectivity index (χ0) is 11.9. The standard InChI is InChI=1S/C14H17FO/c1-8-6-9(2)13(12(15)7-8)14(16)10(3)11-4-5-11/h6-7,10-11H,4-5H2,1-3H3. The molecule has 1 saturated carbocycles. The number of hydrogen-bond acceptors (Lipinski definition) is 1. The number of carbonyl (C=O) groups excluding carboxylic acids is 1. The van der Waals surface area contributed by atoms with E-state index in [0.717, 1.165) is 24.0 Å². The molecule has 1 aromatic rings. The van der Waals surface area contributed by atoms with Crippen molar-refractivity contribution >= 4 is 5.78 Å². The van der Waals surface area contributed by atoms with Crippen LogP contribution in [0.25, 0.3) is 0 Å². The van der Waals surface area contributed by atoms with Crippen LogP contribution < -0.4 is 0 Å². The Balaban J connectivity index is 2.35. The number of halogens is 1.